The molecule has 0 N–H and O–H groups in total. The third kappa shape index (κ3) is 2.25. The minimum atomic E-state index is 0.0523. The van der Waals surface area contributed by atoms with Crippen molar-refractivity contribution in [1.29, 1.82) is 0 Å². The fourth-order valence-corrected chi connectivity index (χ4v) is 2.75. The number of Topliss-reactive ketones (excluding diaryl/α,β-unsaturated/α-hetero) is 1. The van der Waals surface area contributed by atoms with Crippen molar-refractivity contribution in [1.82, 2.24) is 9.97 Å². The molecule has 100 valence electrons. The van der Waals surface area contributed by atoms with E-state index < -0.39 is 0 Å². The van der Waals surface area contributed by atoms with Crippen LogP contribution in [-0.2, 0) is 0 Å². The molecular formula is C15H13N3OS. The maximum absolute atomic E-state index is 12.1. The van der Waals surface area contributed by atoms with E-state index in [1.165, 1.54) is 11.8 Å². The maximum Gasteiger partial charge on any atom is 0.175 e. The van der Waals surface area contributed by atoms with Gasteiger partial charge in [0, 0.05) is 17.7 Å². The molecule has 0 atom stereocenters. The van der Waals surface area contributed by atoms with Crippen molar-refractivity contribution in [2.75, 3.05) is 6.26 Å². The molecule has 0 aliphatic carbocycles. The summed E-state index contributed by atoms with van der Waals surface area (Å²) in [6.07, 6.45) is 2.27. The number of thioether (sulfide) groups is 1. The Bertz CT molecular complexity index is 711. The van der Waals surface area contributed by atoms with Crippen LogP contribution in [-0.4, -0.2) is 27.7 Å². The number of aliphatic imine (C=N–C) groups is 1. The number of carbonyl (C=O) groups is 1. The van der Waals surface area contributed by atoms with Gasteiger partial charge in [-0.3, -0.25) is 4.79 Å². The van der Waals surface area contributed by atoms with Gasteiger partial charge in [-0.05, 0) is 13.2 Å². The molecule has 1 aliphatic heterocycles. The summed E-state index contributed by atoms with van der Waals surface area (Å²) >= 11 is 1.46. The zero-order valence-corrected chi connectivity index (χ0v) is 12.1. The van der Waals surface area contributed by atoms with Gasteiger partial charge in [0.05, 0.1) is 5.56 Å². The predicted molar refractivity (Wildman–Crippen MR) is 81.0 cm³/mol. The van der Waals surface area contributed by atoms with Gasteiger partial charge in [0.25, 0.3) is 0 Å². The summed E-state index contributed by atoms with van der Waals surface area (Å²) in [4.78, 5) is 25.5. The van der Waals surface area contributed by atoms with Gasteiger partial charge in [-0.1, -0.05) is 30.3 Å². The van der Waals surface area contributed by atoms with E-state index >= 15 is 0 Å². The molecule has 0 bridgehead atoms. The lowest BCUT2D eigenvalue weighted by atomic mass is 10.1. The van der Waals surface area contributed by atoms with Crippen molar-refractivity contribution < 1.29 is 4.79 Å². The van der Waals surface area contributed by atoms with Gasteiger partial charge in [-0.15, -0.1) is 11.8 Å². The predicted octanol–water partition coefficient (Wildman–Crippen LogP) is 3.54. The molecule has 20 heavy (non-hydrogen) atoms. The number of nitrogens with zero attached hydrogens (tertiary/aromatic N) is 3. The van der Waals surface area contributed by atoms with Crippen molar-refractivity contribution in [3.05, 3.63) is 35.9 Å². The lowest BCUT2D eigenvalue weighted by Crippen LogP contribution is -2.14. The van der Waals surface area contributed by atoms with Crippen molar-refractivity contribution in [3.63, 3.8) is 0 Å². The second-order valence-electron chi connectivity index (χ2n) is 4.57. The molecule has 0 saturated heterocycles. The Morgan fingerprint density at radius 1 is 1.15 bits per heavy atom. The number of benzene rings is 1. The van der Waals surface area contributed by atoms with Crippen LogP contribution in [0.3, 0.4) is 0 Å². The van der Waals surface area contributed by atoms with E-state index in [2.05, 4.69) is 15.0 Å². The zero-order chi connectivity index (χ0) is 14.1. The Kier molecular flexibility index (Phi) is 3.36. The molecule has 0 unspecified atom stereocenters. The minimum absolute atomic E-state index is 0.0523. The van der Waals surface area contributed by atoms with Crippen LogP contribution in [0.1, 0.15) is 23.7 Å². The second kappa shape index (κ2) is 5.17. The molecule has 1 aliphatic rings. The average Bonchev–Trinajstić information content (AvgIpc) is 2.46. The van der Waals surface area contributed by atoms with Crippen LogP contribution in [0.25, 0.3) is 11.4 Å². The standard InChI is InChI=1S/C15H13N3OS/c1-9-8-11(19)12-14(16-9)17-13(18-15(12)20-2)10-6-4-3-5-7-10/h3-7H,8H2,1-2H3. The van der Waals surface area contributed by atoms with Gasteiger partial charge in [0.2, 0.25) is 0 Å². The fourth-order valence-electron chi connectivity index (χ4n) is 2.16. The molecule has 1 aromatic heterocycles. The summed E-state index contributed by atoms with van der Waals surface area (Å²) in [6, 6.07) is 9.73. The Morgan fingerprint density at radius 2 is 1.90 bits per heavy atom. The summed E-state index contributed by atoms with van der Waals surface area (Å²) in [5, 5.41) is 0.704. The van der Waals surface area contributed by atoms with Crippen molar-refractivity contribution in [3.8, 4) is 11.4 Å². The Balaban J connectivity index is 2.22. The number of hydrogen-bond donors (Lipinski definition) is 0. The van der Waals surface area contributed by atoms with Crippen LogP contribution < -0.4 is 0 Å². The van der Waals surface area contributed by atoms with E-state index in [1.54, 1.807) is 0 Å². The highest BCUT2D eigenvalue weighted by Crippen LogP contribution is 2.33. The van der Waals surface area contributed by atoms with Crippen molar-refractivity contribution in [2.24, 2.45) is 4.99 Å². The molecule has 2 heterocycles. The molecule has 5 heteroatoms. The number of aromatic nitrogens is 2. The first-order chi connectivity index (χ1) is 9.69. The van der Waals surface area contributed by atoms with Crippen LogP contribution in [0.15, 0.2) is 40.4 Å². The van der Waals surface area contributed by atoms with E-state index in [0.29, 0.717) is 28.7 Å². The first-order valence-corrected chi connectivity index (χ1v) is 7.50. The molecule has 0 fully saturated rings. The van der Waals surface area contributed by atoms with Crippen molar-refractivity contribution in [2.45, 2.75) is 18.4 Å². The summed E-state index contributed by atoms with van der Waals surface area (Å²) in [5.74, 6) is 1.16. The molecule has 3 rings (SSSR count). The first kappa shape index (κ1) is 13.0. The van der Waals surface area contributed by atoms with Crippen LogP contribution >= 0.6 is 11.8 Å². The van der Waals surface area contributed by atoms with Crippen LogP contribution in [0, 0.1) is 0 Å². The lowest BCUT2D eigenvalue weighted by molar-refractivity contribution is 0.0996. The number of rotatable bonds is 2. The number of carbonyl (C=O) groups excluding carboxylic acids is 1. The minimum Gasteiger partial charge on any atom is -0.294 e. The maximum atomic E-state index is 12.1. The van der Waals surface area contributed by atoms with Gasteiger partial charge in [0.1, 0.15) is 5.03 Å². The molecular weight excluding hydrogens is 270 g/mol. The highest BCUT2D eigenvalue weighted by atomic mass is 32.2. The van der Waals surface area contributed by atoms with E-state index in [9.17, 15) is 4.79 Å². The summed E-state index contributed by atoms with van der Waals surface area (Å²) in [5.41, 5.74) is 2.28. The Hall–Kier alpha value is -2.01. The highest BCUT2D eigenvalue weighted by molar-refractivity contribution is 7.98. The topological polar surface area (TPSA) is 55.2 Å². The third-order valence-electron chi connectivity index (χ3n) is 3.07. The Morgan fingerprint density at radius 3 is 2.60 bits per heavy atom. The number of hydrogen-bond acceptors (Lipinski definition) is 5. The summed E-state index contributed by atoms with van der Waals surface area (Å²) < 4.78 is 0. The first-order valence-electron chi connectivity index (χ1n) is 6.28. The van der Waals surface area contributed by atoms with E-state index in [4.69, 9.17) is 0 Å². The van der Waals surface area contributed by atoms with Crippen LogP contribution in [0.5, 0.6) is 0 Å². The smallest absolute Gasteiger partial charge is 0.175 e. The largest absolute Gasteiger partial charge is 0.294 e. The fraction of sp³-hybridized carbons (Fsp3) is 0.200. The number of ketones is 1. The quantitative estimate of drug-likeness (QED) is 0.625. The second-order valence-corrected chi connectivity index (χ2v) is 5.36. The van der Waals surface area contributed by atoms with Crippen molar-refractivity contribution >= 4 is 29.1 Å². The van der Waals surface area contributed by atoms with Gasteiger partial charge >= 0.3 is 0 Å². The number of fused-ring (bicyclic) bond motifs is 1. The molecule has 4 nitrogen and oxygen atoms in total. The van der Waals surface area contributed by atoms with Gasteiger partial charge < -0.3 is 0 Å². The van der Waals surface area contributed by atoms with E-state index in [-0.39, 0.29) is 5.78 Å². The SMILES string of the molecule is CSc1nc(-c2ccccc2)nc2c1C(=O)CC(C)=N2. The van der Waals surface area contributed by atoms with E-state index in [0.717, 1.165) is 11.3 Å². The normalized spacial score (nSPS) is 13.9. The monoisotopic (exact) mass is 283 g/mol. The van der Waals surface area contributed by atoms with Crippen LogP contribution in [0.2, 0.25) is 0 Å². The molecule has 0 saturated carbocycles. The summed E-state index contributed by atoms with van der Waals surface area (Å²) in [6.45, 7) is 1.85. The molecule has 1 aromatic carbocycles. The van der Waals surface area contributed by atoms with Gasteiger partial charge in [-0.2, -0.15) is 0 Å². The van der Waals surface area contributed by atoms with Crippen LogP contribution in [0.4, 0.5) is 5.82 Å². The molecule has 0 spiro atoms. The molecule has 0 radical (unpaired) electrons. The molecule has 2 aromatic rings. The van der Waals surface area contributed by atoms with E-state index in [1.807, 2.05) is 43.5 Å². The van der Waals surface area contributed by atoms with Gasteiger partial charge in [-0.25, -0.2) is 15.0 Å². The summed E-state index contributed by atoms with van der Waals surface area (Å²) in [7, 11) is 0. The molecule has 0 amide bonds. The van der Waals surface area contributed by atoms with Gasteiger partial charge in [0.15, 0.2) is 17.4 Å². The lowest BCUT2D eigenvalue weighted by Gasteiger charge is -2.15. The zero-order valence-electron chi connectivity index (χ0n) is 11.3. The average molecular weight is 283 g/mol. The highest BCUT2D eigenvalue weighted by Gasteiger charge is 2.24. The Labute approximate surface area is 121 Å². The third-order valence-corrected chi connectivity index (χ3v) is 3.76.